The fourth-order valence-electron chi connectivity index (χ4n) is 1.63. The second-order valence-corrected chi connectivity index (χ2v) is 3.83. The molecule has 0 aromatic carbocycles. The molecule has 2 N–H and O–H groups in total. The highest BCUT2D eigenvalue weighted by Crippen LogP contribution is 2.09. The molecule has 16 heavy (non-hydrogen) atoms. The maximum atomic E-state index is 11.8. The minimum Gasteiger partial charge on any atom is -0.464 e. The van der Waals surface area contributed by atoms with Crippen LogP contribution in [0.1, 0.15) is 20.3 Å². The van der Waals surface area contributed by atoms with Crippen molar-refractivity contribution in [3.8, 4) is 0 Å². The Morgan fingerprint density at radius 3 is 2.88 bits per heavy atom. The molecular weight excluding hydrogens is 208 g/mol. The maximum Gasteiger partial charge on any atom is 0.332 e. The van der Waals surface area contributed by atoms with E-state index in [1.54, 1.807) is 11.8 Å². The van der Waals surface area contributed by atoms with Crippen LogP contribution in [0.25, 0.3) is 0 Å². The Kier molecular flexibility index (Phi) is 4.49. The van der Waals surface area contributed by atoms with Crippen LogP contribution in [0.2, 0.25) is 0 Å². The Morgan fingerprint density at radius 2 is 2.31 bits per heavy atom. The molecule has 0 saturated carbocycles. The largest absolute Gasteiger partial charge is 0.464 e. The number of amides is 1. The van der Waals surface area contributed by atoms with Crippen molar-refractivity contribution in [2.45, 2.75) is 26.3 Å². The monoisotopic (exact) mass is 226 g/mol. The molecule has 0 fully saturated rings. The van der Waals surface area contributed by atoms with E-state index in [4.69, 9.17) is 10.5 Å². The van der Waals surface area contributed by atoms with Gasteiger partial charge in [-0.15, -0.1) is 0 Å². The molecule has 90 valence electrons. The normalized spacial score (nSPS) is 17.7. The summed E-state index contributed by atoms with van der Waals surface area (Å²) in [6.45, 7) is 5.03. The van der Waals surface area contributed by atoms with Gasteiger partial charge in [0, 0.05) is 13.1 Å². The standard InChI is InChI=1S/C11H18N2O3/c1-3-16-11(15)9(12)10(14)13-6-4-5-8(2)7-13/h5,9H,3-4,6-7,12H2,1-2H3. The number of carbonyl (C=O) groups is 2. The van der Waals surface area contributed by atoms with Gasteiger partial charge in [-0.3, -0.25) is 4.79 Å². The molecule has 1 heterocycles. The lowest BCUT2D eigenvalue weighted by Gasteiger charge is -2.27. The number of rotatable bonds is 3. The fraction of sp³-hybridized carbons (Fsp3) is 0.636. The summed E-state index contributed by atoms with van der Waals surface area (Å²) in [7, 11) is 0. The van der Waals surface area contributed by atoms with Crippen LogP contribution in [0.3, 0.4) is 0 Å². The third-order valence-electron chi connectivity index (χ3n) is 2.45. The van der Waals surface area contributed by atoms with E-state index in [-0.39, 0.29) is 12.5 Å². The van der Waals surface area contributed by atoms with Crippen LogP contribution in [0.4, 0.5) is 0 Å². The maximum absolute atomic E-state index is 11.8. The molecule has 0 aromatic heterocycles. The van der Waals surface area contributed by atoms with Crippen LogP contribution in [0, 0.1) is 0 Å². The van der Waals surface area contributed by atoms with E-state index >= 15 is 0 Å². The minimum atomic E-state index is -1.19. The van der Waals surface area contributed by atoms with E-state index in [1.807, 2.05) is 6.92 Å². The lowest BCUT2D eigenvalue weighted by Crippen LogP contribution is -2.50. The van der Waals surface area contributed by atoms with Crippen LogP contribution >= 0.6 is 0 Å². The summed E-state index contributed by atoms with van der Waals surface area (Å²) < 4.78 is 4.72. The van der Waals surface area contributed by atoms with E-state index in [2.05, 4.69) is 6.08 Å². The molecule has 1 aliphatic heterocycles. The molecule has 1 rings (SSSR count). The van der Waals surface area contributed by atoms with Crippen LogP contribution in [-0.4, -0.2) is 42.5 Å². The molecule has 5 nitrogen and oxygen atoms in total. The van der Waals surface area contributed by atoms with E-state index in [1.165, 1.54) is 0 Å². The first-order chi connectivity index (χ1) is 7.56. The summed E-state index contributed by atoms with van der Waals surface area (Å²) in [6.07, 6.45) is 2.90. The van der Waals surface area contributed by atoms with Gasteiger partial charge in [-0.1, -0.05) is 11.6 Å². The first kappa shape index (κ1) is 12.7. The summed E-state index contributed by atoms with van der Waals surface area (Å²) in [5.41, 5.74) is 6.66. The molecular formula is C11H18N2O3. The molecule has 5 heteroatoms. The molecule has 0 spiro atoms. The number of hydrogen-bond donors (Lipinski definition) is 1. The SMILES string of the molecule is CCOC(=O)C(N)C(=O)N1CCC=C(C)C1. The zero-order valence-corrected chi connectivity index (χ0v) is 9.73. The van der Waals surface area contributed by atoms with Crippen molar-refractivity contribution in [1.29, 1.82) is 0 Å². The summed E-state index contributed by atoms with van der Waals surface area (Å²) >= 11 is 0. The van der Waals surface area contributed by atoms with E-state index in [9.17, 15) is 9.59 Å². The highest BCUT2D eigenvalue weighted by Gasteiger charge is 2.28. The van der Waals surface area contributed by atoms with Crippen LogP contribution in [-0.2, 0) is 14.3 Å². The van der Waals surface area contributed by atoms with Gasteiger partial charge in [-0.05, 0) is 20.3 Å². The predicted octanol–water partition coefficient (Wildman–Crippen LogP) is 0.0554. The third-order valence-corrected chi connectivity index (χ3v) is 2.45. The number of esters is 1. The predicted molar refractivity (Wildman–Crippen MR) is 59.6 cm³/mol. The van der Waals surface area contributed by atoms with Gasteiger partial charge in [0.05, 0.1) is 6.61 Å². The number of nitrogens with zero attached hydrogens (tertiary/aromatic N) is 1. The average Bonchev–Trinajstić information content (AvgIpc) is 2.27. The van der Waals surface area contributed by atoms with Crippen molar-refractivity contribution in [3.05, 3.63) is 11.6 Å². The molecule has 1 atom stereocenters. The fourth-order valence-corrected chi connectivity index (χ4v) is 1.63. The lowest BCUT2D eigenvalue weighted by atomic mass is 10.1. The third kappa shape index (κ3) is 3.06. The van der Waals surface area contributed by atoms with Crippen molar-refractivity contribution in [2.24, 2.45) is 5.73 Å². The topological polar surface area (TPSA) is 72.6 Å². The van der Waals surface area contributed by atoms with Crippen molar-refractivity contribution in [1.82, 2.24) is 4.90 Å². The number of ether oxygens (including phenoxy) is 1. The van der Waals surface area contributed by atoms with E-state index < -0.39 is 12.0 Å². The number of carbonyl (C=O) groups excluding carboxylic acids is 2. The van der Waals surface area contributed by atoms with E-state index in [0.29, 0.717) is 13.1 Å². The molecule has 0 bridgehead atoms. The van der Waals surface area contributed by atoms with Crippen molar-refractivity contribution < 1.29 is 14.3 Å². The summed E-state index contributed by atoms with van der Waals surface area (Å²) in [5.74, 6) is -1.01. The van der Waals surface area contributed by atoms with Gasteiger partial charge in [0.15, 0.2) is 6.04 Å². The lowest BCUT2D eigenvalue weighted by molar-refractivity contribution is -0.150. The Hall–Kier alpha value is -1.36. The van der Waals surface area contributed by atoms with Gasteiger partial charge in [0.1, 0.15) is 0 Å². The Bertz CT molecular complexity index is 312. The molecule has 0 aliphatic carbocycles. The van der Waals surface area contributed by atoms with Crippen molar-refractivity contribution in [3.63, 3.8) is 0 Å². The first-order valence-corrected chi connectivity index (χ1v) is 5.43. The van der Waals surface area contributed by atoms with Gasteiger partial charge >= 0.3 is 5.97 Å². The van der Waals surface area contributed by atoms with Gasteiger partial charge in [0.25, 0.3) is 5.91 Å². The molecule has 1 amide bonds. The second kappa shape index (κ2) is 5.65. The second-order valence-electron chi connectivity index (χ2n) is 3.83. The Balaban J connectivity index is 2.57. The molecule has 1 aliphatic rings. The zero-order chi connectivity index (χ0) is 12.1. The quantitative estimate of drug-likeness (QED) is 0.419. The van der Waals surface area contributed by atoms with Crippen molar-refractivity contribution in [2.75, 3.05) is 19.7 Å². The molecule has 0 saturated heterocycles. The van der Waals surface area contributed by atoms with Crippen LogP contribution in [0.15, 0.2) is 11.6 Å². The summed E-state index contributed by atoms with van der Waals surface area (Å²) in [5, 5.41) is 0. The smallest absolute Gasteiger partial charge is 0.332 e. The Labute approximate surface area is 95.2 Å². The van der Waals surface area contributed by atoms with Gasteiger partial charge in [0.2, 0.25) is 0 Å². The average molecular weight is 226 g/mol. The highest BCUT2D eigenvalue weighted by molar-refractivity contribution is 6.01. The molecule has 1 unspecified atom stereocenters. The highest BCUT2D eigenvalue weighted by atomic mass is 16.5. The van der Waals surface area contributed by atoms with Gasteiger partial charge in [-0.2, -0.15) is 0 Å². The van der Waals surface area contributed by atoms with Crippen LogP contribution < -0.4 is 5.73 Å². The number of nitrogens with two attached hydrogens (primary N) is 1. The summed E-state index contributed by atoms with van der Waals surface area (Å²) in [6, 6.07) is -1.19. The van der Waals surface area contributed by atoms with Gasteiger partial charge in [-0.25, -0.2) is 4.79 Å². The Morgan fingerprint density at radius 1 is 1.62 bits per heavy atom. The number of hydrogen-bond acceptors (Lipinski definition) is 4. The molecule has 0 aromatic rings. The van der Waals surface area contributed by atoms with Gasteiger partial charge < -0.3 is 15.4 Å². The molecule has 0 radical (unpaired) electrons. The van der Waals surface area contributed by atoms with Crippen molar-refractivity contribution >= 4 is 11.9 Å². The van der Waals surface area contributed by atoms with Crippen LogP contribution in [0.5, 0.6) is 0 Å². The van der Waals surface area contributed by atoms with E-state index in [0.717, 1.165) is 12.0 Å². The first-order valence-electron chi connectivity index (χ1n) is 5.43. The minimum absolute atomic E-state index is 0.235. The zero-order valence-electron chi connectivity index (χ0n) is 9.73. The summed E-state index contributed by atoms with van der Waals surface area (Å²) in [4.78, 5) is 24.7.